The molecule has 2 aromatic heterocycles. The van der Waals surface area contributed by atoms with Crippen molar-refractivity contribution in [2.45, 2.75) is 6.54 Å². The molecule has 0 aliphatic carbocycles. The van der Waals surface area contributed by atoms with E-state index in [0.29, 0.717) is 23.1 Å². The third-order valence-corrected chi connectivity index (χ3v) is 5.91. The van der Waals surface area contributed by atoms with Crippen molar-refractivity contribution < 1.29 is 9.53 Å². The molecule has 0 atom stereocenters. The van der Waals surface area contributed by atoms with E-state index in [4.69, 9.17) is 14.7 Å². The van der Waals surface area contributed by atoms with Crippen LogP contribution in [0.1, 0.15) is 11.1 Å². The molecule has 1 aliphatic heterocycles. The number of amides is 1. The van der Waals surface area contributed by atoms with Gasteiger partial charge in [0.1, 0.15) is 11.6 Å². The summed E-state index contributed by atoms with van der Waals surface area (Å²) in [5.74, 6) is 1.53. The number of benzene rings is 3. The van der Waals surface area contributed by atoms with Crippen LogP contribution in [0.4, 0.5) is 17.2 Å². The average Bonchev–Trinajstić information content (AvgIpc) is 3.41. The number of aromatic nitrogens is 3. The zero-order valence-electron chi connectivity index (χ0n) is 19.8. The van der Waals surface area contributed by atoms with Gasteiger partial charge in [-0.25, -0.2) is 9.97 Å². The molecule has 0 fully saturated rings. The Labute approximate surface area is 213 Å². The molecular formula is C29H22N6O2. The van der Waals surface area contributed by atoms with Crippen LogP contribution in [0.15, 0.2) is 96.2 Å². The summed E-state index contributed by atoms with van der Waals surface area (Å²) in [6.07, 6.45) is 5.12. The van der Waals surface area contributed by atoms with Gasteiger partial charge in [0, 0.05) is 29.0 Å². The van der Waals surface area contributed by atoms with E-state index in [-0.39, 0.29) is 12.5 Å². The van der Waals surface area contributed by atoms with Gasteiger partial charge in [-0.05, 0) is 59.7 Å². The highest BCUT2D eigenvalue weighted by Crippen LogP contribution is 2.30. The van der Waals surface area contributed by atoms with E-state index in [1.807, 2.05) is 54.7 Å². The predicted octanol–water partition coefficient (Wildman–Crippen LogP) is 5.39. The largest absolute Gasteiger partial charge is 0.484 e. The van der Waals surface area contributed by atoms with Crippen molar-refractivity contribution in [1.82, 2.24) is 15.0 Å². The standard InChI is InChI=1S/C29H22N6O2/c36-27(32-23-6-4-12-30-17-23)18-37-24-7-3-5-19(14-24)28-34-26-9-2-1-8-25(26)29(35-28)33-22-11-10-20-15-31-16-21(20)13-22/h1-14,16-17H,15,18H2,(H,32,36)(H,33,34,35). The fraction of sp³-hybridized carbons (Fsp3) is 0.0690. The number of pyridine rings is 1. The molecule has 8 nitrogen and oxygen atoms in total. The molecule has 8 heteroatoms. The number of anilines is 3. The summed E-state index contributed by atoms with van der Waals surface area (Å²) in [5.41, 5.74) is 5.47. The minimum Gasteiger partial charge on any atom is -0.484 e. The van der Waals surface area contributed by atoms with Crippen LogP contribution in [0.2, 0.25) is 0 Å². The van der Waals surface area contributed by atoms with Gasteiger partial charge >= 0.3 is 0 Å². The molecule has 0 saturated heterocycles. The topological polar surface area (TPSA) is 101 Å². The molecule has 1 amide bonds. The smallest absolute Gasteiger partial charge is 0.262 e. The Balaban J connectivity index is 1.25. The molecule has 0 saturated carbocycles. The van der Waals surface area contributed by atoms with Crippen molar-refractivity contribution in [2.75, 3.05) is 17.2 Å². The number of nitrogens with one attached hydrogen (secondary N) is 2. The summed E-state index contributed by atoms with van der Waals surface area (Å²) in [4.78, 5) is 30.2. The Morgan fingerprint density at radius 3 is 2.78 bits per heavy atom. The van der Waals surface area contributed by atoms with Crippen molar-refractivity contribution in [3.05, 3.63) is 102 Å². The highest BCUT2D eigenvalue weighted by atomic mass is 16.5. The molecule has 37 heavy (non-hydrogen) atoms. The summed E-state index contributed by atoms with van der Waals surface area (Å²) in [6, 6.07) is 25.0. The Morgan fingerprint density at radius 1 is 0.919 bits per heavy atom. The van der Waals surface area contributed by atoms with E-state index >= 15 is 0 Å². The molecule has 5 aromatic rings. The lowest BCUT2D eigenvalue weighted by Crippen LogP contribution is -2.20. The highest BCUT2D eigenvalue weighted by molar-refractivity contribution is 5.93. The zero-order valence-corrected chi connectivity index (χ0v) is 19.8. The van der Waals surface area contributed by atoms with E-state index in [2.05, 4.69) is 32.7 Å². The SMILES string of the molecule is O=C(COc1cccc(-c2nc(Nc3ccc4c(c3)C=NC4)c3ccccc3n2)c1)Nc1cccnc1. The summed E-state index contributed by atoms with van der Waals surface area (Å²) in [5, 5.41) is 7.14. The average molecular weight is 487 g/mol. The molecule has 0 unspecified atom stereocenters. The molecule has 180 valence electrons. The monoisotopic (exact) mass is 486 g/mol. The highest BCUT2D eigenvalue weighted by Gasteiger charge is 2.13. The van der Waals surface area contributed by atoms with Gasteiger partial charge in [-0.15, -0.1) is 0 Å². The van der Waals surface area contributed by atoms with E-state index in [1.165, 1.54) is 5.56 Å². The number of aliphatic imine (C=N–C) groups is 1. The summed E-state index contributed by atoms with van der Waals surface area (Å²) >= 11 is 0. The second-order valence-corrected chi connectivity index (χ2v) is 8.53. The molecule has 1 aliphatic rings. The lowest BCUT2D eigenvalue weighted by atomic mass is 10.1. The fourth-order valence-corrected chi connectivity index (χ4v) is 4.12. The van der Waals surface area contributed by atoms with E-state index in [0.717, 1.165) is 34.3 Å². The van der Waals surface area contributed by atoms with Gasteiger partial charge in [0.15, 0.2) is 12.4 Å². The Kier molecular flexibility index (Phi) is 5.96. The van der Waals surface area contributed by atoms with Crippen LogP contribution in [0.5, 0.6) is 5.75 Å². The van der Waals surface area contributed by atoms with Gasteiger partial charge in [-0.2, -0.15) is 0 Å². The quantitative estimate of drug-likeness (QED) is 0.320. The number of hydrogen-bond donors (Lipinski definition) is 2. The molecular weight excluding hydrogens is 464 g/mol. The third kappa shape index (κ3) is 4.99. The number of carbonyl (C=O) groups is 1. The number of fused-ring (bicyclic) bond motifs is 2. The Hall–Kier alpha value is -5.11. The lowest BCUT2D eigenvalue weighted by molar-refractivity contribution is -0.118. The van der Waals surface area contributed by atoms with E-state index < -0.39 is 0 Å². The number of carbonyl (C=O) groups excluding carboxylic acids is 1. The summed E-state index contributed by atoms with van der Waals surface area (Å²) in [7, 11) is 0. The second kappa shape index (κ2) is 9.87. The van der Waals surface area contributed by atoms with Crippen LogP contribution in [-0.2, 0) is 11.3 Å². The lowest BCUT2D eigenvalue weighted by Gasteiger charge is -2.13. The second-order valence-electron chi connectivity index (χ2n) is 8.53. The number of ether oxygens (including phenoxy) is 1. The first-order valence-electron chi connectivity index (χ1n) is 11.8. The van der Waals surface area contributed by atoms with Crippen molar-refractivity contribution in [3.8, 4) is 17.1 Å². The number of para-hydroxylation sites is 1. The minimum absolute atomic E-state index is 0.134. The van der Waals surface area contributed by atoms with Gasteiger partial charge in [-0.3, -0.25) is 14.8 Å². The van der Waals surface area contributed by atoms with Gasteiger partial charge in [0.2, 0.25) is 0 Å². The Bertz CT molecular complexity index is 1630. The van der Waals surface area contributed by atoms with Crippen LogP contribution in [0.3, 0.4) is 0 Å². The first-order valence-corrected chi connectivity index (χ1v) is 11.8. The molecule has 6 rings (SSSR count). The molecule has 0 bridgehead atoms. The van der Waals surface area contributed by atoms with Gasteiger partial charge in [-0.1, -0.05) is 30.3 Å². The van der Waals surface area contributed by atoms with Crippen LogP contribution in [0, 0.1) is 0 Å². The number of hydrogen-bond acceptors (Lipinski definition) is 7. The van der Waals surface area contributed by atoms with Crippen LogP contribution >= 0.6 is 0 Å². The number of rotatable bonds is 7. The van der Waals surface area contributed by atoms with Crippen LogP contribution in [-0.4, -0.2) is 33.7 Å². The maximum absolute atomic E-state index is 12.3. The summed E-state index contributed by atoms with van der Waals surface area (Å²) < 4.78 is 5.74. The van der Waals surface area contributed by atoms with Crippen LogP contribution < -0.4 is 15.4 Å². The summed E-state index contributed by atoms with van der Waals surface area (Å²) in [6.45, 7) is 0.588. The van der Waals surface area contributed by atoms with Crippen molar-refractivity contribution in [3.63, 3.8) is 0 Å². The third-order valence-electron chi connectivity index (χ3n) is 5.91. The maximum atomic E-state index is 12.3. The van der Waals surface area contributed by atoms with Crippen molar-refractivity contribution in [1.29, 1.82) is 0 Å². The zero-order chi connectivity index (χ0) is 25.0. The predicted molar refractivity (Wildman–Crippen MR) is 144 cm³/mol. The fourth-order valence-electron chi connectivity index (χ4n) is 4.12. The normalized spacial score (nSPS) is 11.8. The van der Waals surface area contributed by atoms with Gasteiger partial charge in [0.05, 0.1) is 23.9 Å². The van der Waals surface area contributed by atoms with E-state index in [9.17, 15) is 4.79 Å². The maximum Gasteiger partial charge on any atom is 0.262 e. The van der Waals surface area contributed by atoms with E-state index in [1.54, 1.807) is 30.6 Å². The molecule has 0 radical (unpaired) electrons. The minimum atomic E-state index is -0.272. The first-order chi connectivity index (χ1) is 18.2. The van der Waals surface area contributed by atoms with Crippen molar-refractivity contribution in [2.24, 2.45) is 4.99 Å². The molecule has 3 aromatic carbocycles. The Morgan fingerprint density at radius 2 is 1.86 bits per heavy atom. The van der Waals surface area contributed by atoms with Crippen LogP contribution in [0.25, 0.3) is 22.3 Å². The van der Waals surface area contributed by atoms with Gasteiger partial charge < -0.3 is 15.4 Å². The molecule has 3 heterocycles. The number of nitrogens with zero attached hydrogens (tertiary/aromatic N) is 4. The van der Waals surface area contributed by atoms with Crippen molar-refractivity contribution >= 4 is 40.2 Å². The molecule has 2 N–H and O–H groups in total. The van der Waals surface area contributed by atoms with Gasteiger partial charge in [0.25, 0.3) is 5.91 Å². The molecule has 0 spiro atoms. The first kappa shape index (κ1) is 22.4.